The minimum Gasteiger partial charge on any atom is -0.731 e. The zero-order valence-electron chi connectivity index (χ0n) is 32.4. The SMILES string of the molecule is O=C(C=NOCc1csc(NC(=O)CCl)n1)N[C@@H]1C(=O)N[C@H]1SCC(=O)NS(=O)(=O)[O-].O=C(C=NOCc1csc(NC(=O)CCl)n1)N[C@@H]1C(=O)N[C@H]1SCC(=O)NS(=O)(=O)[O-].[Na+].[Na+]. The molecule has 8 N–H and O–H groups in total. The first-order valence-electron chi connectivity index (χ1n) is 16.0. The van der Waals surface area contributed by atoms with Gasteiger partial charge in [-0.1, -0.05) is 10.3 Å². The summed E-state index contributed by atoms with van der Waals surface area (Å²) in [6.45, 7) is -0.172. The second kappa shape index (κ2) is 29.0. The number of carbonyl (C=O) groups excluding carboxylic acids is 8. The number of thioether (sulfide) groups is 2. The summed E-state index contributed by atoms with van der Waals surface area (Å²) in [7, 11) is -9.84. The van der Waals surface area contributed by atoms with Crippen LogP contribution in [0.1, 0.15) is 11.4 Å². The maximum absolute atomic E-state index is 11.8. The van der Waals surface area contributed by atoms with Crippen molar-refractivity contribution in [2.75, 3.05) is 33.9 Å². The Morgan fingerprint density at radius 2 is 1.06 bits per heavy atom. The van der Waals surface area contributed by atoms with Crippen LogP contribution in [-0.4, -0.2) is 142 Å². The van der Waals surface area contributed by atoms with Crippen LogP contribution in [0.5, 0.6) is 0 Å². The van der Waals surface area contributed by atoms with Crippen LogP contribution in [0.4, 0.5) is 10.3 Å². The average molecular weight is 1070 g/mol. The van der Waals surface area contributed by atoms with Crippen LogP contribution in [0, 0.1) is 0 Å². The van der Waals surface area contributed by atoms with Crippen molar-refractivity contribution in [2.45, 2.75) is 36.0 Å². The molecular weight excluding hydrogens is 1050 g/mol. The molecule has 2 fully saturated rings. The number of hydrogen-bond donors (Lipinski definition) is 8. The first-order chi connectivity index (χ1) is 29.1. The minimum atomic E-state index is -4.92. The largest absolute Gasteiger partial charge is 1.00 e. The normalized spacial score (nSPS) is 17.5. The van der Waals surface area contributed by atoms with E-state index in [4.69, 9.17) is 32.9 Å². The number of halogens is 2. The van der Waals surface area contributed by atoms with E-state index >= 15 is 0 Å². The van der Waals surface area contributed by atoms with Gasteiger partial charge in [-0.05, 0) is 0 Å². The molecule has 0 bridgehead atoms. The molecular formula is C26H28Cl2N12Na2O16S6. The van der Waals surface area contributed by atoms with Gasteiger partial charge in [-0.3, -0.25) is 47.8 Å². The van der Waals surface area contributed by atoms with Gasteiger partial charge in [0.05, 0.1) is 22.9 Å². The molecule has 0 aliphatic carbocycles. The molecule has 2 aliphatic rings. The van der Waals surface area contributed by atoms with E-state index < -0.39 is 102 Å². The molecule has 4 atom stereocenters. The molecule has 0 spiro atoms. The molecule has 4 heterocycles. The van der Waals surface area contributed by atoms with Crippen LogP contribution in [-0.2, 0) is 81.9 Å². The van der Waals surface area contributed by atoms with Gasteiger partial charge >= 0.3 is 59.1 Å². The van der Waals surface area contributed by atoms with Crippen molar-refractivity contribution in [3.8, 4) is 0 Å². The fourth-order valence-electron chi connectivity index (χ4n) is 3.86. The maximum atomic E-state index is 11.8. The van der Waals surface area contributed by atoms with Gasteiger partial charge in [0.15, 0.2) is 44.1 Å². The summed E-state index contributed by atoms with van der Waals surface area (Å²) in [6.07, 6.45) is 1.57. The number of carbonyl (C=O) groups is 8. The van der Waals surface area contributed by atoms with Gasteiger partial charge in [0, 0.05) is 10.8 Å². The molecule has 2 aromatic heterocycles. The Morgan fingerprint density at radius 3 is 1.38 bits per heavy atom. The number of oxime groups is 2. The second-order valence-electron chi connectivity index (χ2n) is 11.1. The van der Waals surface area contributed by atoms with E-state index in [1.54, 1.807) is 10.8 Å². The van der Waals surface area contributed by atoms with Crippen molar-refractivity contribution < 1.29 is 133 Å². The van der Waals surface area contributed by atoms with Gasteiger partial charge in [-0.25, -0.2) is 26.8 Å². The number of anilines is 2. The van der Waals surface area contributed by atoms with E-state index in [1.807, 2.05) is 0 Å². The monoisotopic (exact) mass is 1070 g/mol. The predicted molar refractivity (Wildman–Crippen MR) is 218 cm³/mol. The van der Waals surface area contributed by atoms with Gasteiger partial charge in [-0.15, -0.1) is 69.4 Å². The number of thiazole rings is 2. The van der Waals surface area contributed by atoms with Crippen LogP contribution in [0.25, 0.3) is 0 Å². The minimum absolute atomic E-state index is 0. The Kier molecular flexibility index (Phi) is 26.7. The van der Waals surface area contributed by atoms with Gasteiger partial charge in [0.25, 0.3) is 11.8 Å². The zero-order valence-corrected chi connectivity index (χ0v) is 42.8. The number of alkyl halides is 2. The Bertz CT molecular complexity index is 2140. The molecule has 2 aliphatic heterocycles. The average Bonchev–Trinajstić information content (AvgIpc) is 3.83. The molecule has 38 heteroatoms. The Balaban J connectivity index is 0.000000621. The third kappa shape index (κ3) is 23.0. The summed E-state index contributed by atoms with van der Waals surface area (Å²) in [5.74, 6) is -6.79. The summed E-state index contributed by atoms with van der Waals surface area (Å²) in [6, 6.07) is -1.99. The molecule has 8 amide bonds. The van der Waals surface area contributed by atoms with Crippen molar-refractivity contribution in [3.05, 3.63) is 22.1 Å². The molecule has 0 aromatic carbocycles. The van der Waals surface area contributed by atoms with Crippen molar-refractivity contribution in [1.29, 1.82) is 0 Å². The Morgan fingerprint density at radius 1 is 0.703 bits per heavy atom. The Labute approximate surface area is 431 Å². The topological polar surface area (TPSA) is 416 Å². The van der Waals surface area contributed by atoms with Crippen molar-refractivity contribution >= 4 is 160 Å². The predicted octanol–water partition coefficient (Wildman–Crippen LogP) is -9.85. The number of nitrogens with zero attached hydrogens (tertiary/aromatic N) is 4. The molecule has 340 valence electrons. The summed E-state index contributed by atoms with van der Waals surface area (Å²) in [5, 5.41) is 23.7. The maximum Gasteiger partial charge on any atom is 1.00 e. The number of aromatic nitrogens is 2. The first-order valence-corrected chi connectivity index (χ1v) is 23.8. The summed E-state index contributed by atoms with van der Waals surface area (Å²) < 4.78 is 65.1. The van der Waals surface area contributed by atoms with Crippen LogP contribution < -0.4 is 100 Å². The molecule has 0 unspecified atom stereocenters. The van der Waals surface area contributed by atoms with E-state index in [0.29, 0.717) is 21.7 Å². The van der Waals surface area contributed by atoms with Crippen molar-refractivity contribution in [3.63, 3.8) is 0 Å². The summed E-state index contributed by atoms with van der Waals surface area (Å²) >= 11 is 14.7. The fourth-order valence-corrected chi connectivity index (χ4v) is 8.27. The number of nitrogens with one attached hydrogen (secondary N) is 8. The molecule has 0 saturated carbocycles. The Hall–Kier alpha value is -2.94. The molecule has 28 nitrogen and oxygen atoms in total. The van der Waals surface area contributed by atoms with Crippen molar-refractivity contribution in [2.24, 2.45) is 10.3 Å². The van der Waals surface area contributed by atoms with E-state index in [9.17, 15) is 64.3 Å². The van der Waals surface area contributed by atoms with Crippen LogP contribution in [0.15, 0.2) is 21.1 Å². The van der Waals surface area contributed by atoms with Crippen molar-refractivity contribution in [1.82, 2.24) is 40.7 Å². The standard InChI is InChI=1S/2C13H15ClN6O8S3.2Na/c2*14-1-7(21)18-13-16-6(4-30-13)3-28-15-2-8(22)17-10-11(24)19-12(10)29-5-9(23)20-31(25,26)27;;/h2*2,4,10,12H,1,3,5H2,(H,17,22)(H,19,24)(H,20,23)(H,16,18,21)(H,25,26,27);;/q;;2*+1/p-2/t2*10-,12+;;/m11../s1. The number of hydrogen-bond acceptors (Lipinski definition) is 24. The number of rotatable bonds is 22. The quantitative estimate of drug-likeness (QED) is 0.0136. The smallest absolute Gasteiger partial charge is 0.731 e. The molecule has 2 aromatic rings. The number of amides is 8. The number of β-lactam (4-membered cyclic amide) rings is 2. The van der Waals surface area contributed by atoms with E-state index in [2.05, 4.69) is 52.2 Å². The molecule has 0 radical (unpaired) electrons. The third-order valence-corrected chi connectivity index (χ3v) is 11.8. The van der Waals surface area contributed by atoms with Crippen LogP contribution in [0.2, 0.25) is 0 Å². The van der Waals surface area contributed by atoms with E-state index in [0.717, 1.165) is 58.6 Å². The molecule has 2 saturated heterocycles. The van der Waals surface area contributed by atoms with Crippen LogP contribution >= 0.6 is 69.4 Å². The van der Waals surface area contributed by atoms with Crippen LogP contribution in [0.3, 0.4) is 0 Å². The third-order valence-electron chi connectivity index (χ3n) is 6.35. The van der Waals surface area contributed by atoms with E-state index in [1.165, 1.54) is 9.44 Å². The van der Waals surface area contributed by atoms with Gasteiger partial charge in [0.2, 0.25) is 35.4 Å². The summed E-state index contributed by atoms with van der Waals surface area (Å²) in [4.78, 5) is 110. The second-order valence-corrected chi connectivity index (χ2v) is 17.8. The summed E-state index contributed by atoms with van der Waals surface area (Å²) in [5.41, 5.74) is 0.890. The van der Waals surface area contributed by atoms with E-state index in [-0.39, 0.29) is 84.1 Å². The van der Waals surface area contributed by atoms with Gasteiger partial charge in [-0.2, -0.15) is 0 Å². The van der Waals surface area contributed by atoms with Gasteiger partial charge < -0.3 is 50.7 Å². The first kappa shape index (κ1) is 59.1. The zero-order chi connectivity index (χ0) is 46.0. The fraction of sp³-hybridized carbons (Fsp3) is 0.385. The molecule has 64 heavy (non-hydrogen) atoms. The van der Waals surface area contributed by atoms with Gasteiger partial charge in [0.1, 0.15) is 47.0 Å². The molecule has 4 rings (SSSR count).